The lowest BCUT2D eigenvalue weighted by Crippen LogP contribution is -2.13. The van der Waals surface area contributed by atoms with E-state index < -0.39 is 5.91 Å². The number of nitriles is 1. The molecule has 3 nitrogen and oxygen atoms in total. The lowest BCUT2D eigenvalue weighted by molar-refractivity contribution is -0.112. The maximum absolute atomic E-state index is 13.7. The maximum Gasteiger partial charge on any atom is 0.266 e. The summed E-state index contributed by atoms with van der Waals surface area (Å²) < 4.78 is 13.7. The number of fused-ring (bicyclic) bond motifs is 1. The van der Waals surface area contributed by atoms with Gasteiger partial charge in [0.05, 0.1) is 0 Å². The van der Waals surface area contributed by atoms with Gasteiger partial charge in [-0.25, -0.2) is 4.39 Å². The van der Waals surface area contributed by atoms with E-state index in [4.69, 9.17) is 0 Å². The number of nitrogens with one attached hydrogen (secondary N) is 1. The van der Waals surface area contributed by atoms with Crippen LogP contribution in [0.25, 0.3) is 16.8 Å². The average Bonchev–Trinajstić information content (AvgIpc) is 2.80. The van der Waals surface area contributed by atoms with Crippen LogP contribution in [0.5, 0.6) is 0 Å². The predicted octanol–water partition coefficient (Wildman–Crippen LogP) is 6.73. The molecule has 33 heavy (non-hydrogen) atoms. The summed E-state index contributed by atoms with van der Waals surface area (Å²) in [5.41, 5.74) is 5.34. The Labute approximate surface area is 192 Å². The summed E-state index contributed by atoms with van der Waals surface area (Å²) in [6, 6.07) is 25.9. The van der Waals surface area contributed by atoms with Gasteiger partial charge in [0.15, 0.2) is 0 Å². The van der Waals surface area contributed by atoms with E-state index in [1.165, 1.54) is 12.1 Å². The van der Waals surface area contributed by atoms with Gasteiger partial charge in [-0.2, -0.15) is 5.26 Å². The Kier molecular flexibility index (Phi) is 6.33. The third-order valence-electron chi connectivity index (χ3n) is 5.76. The van der Waals surface area contributed by atoms with Gasteiger partial charge in [0.1, 0.15) is 17.5 Å². The largest absolute Gasteiger partial charge is 0.321 e. The third-order valence-corrected chi connectivity index (χ3v) is 5.76. The first-order valence-corrected chi connectivity index (χ1v) is 10.7. The molecule has 0 spiro atoms. The second-order valence-electron chi connectivity index (χ2n) is 8.09. The quantitative estimate of drug-likeness (QED) is 0.280. The second-order valence-corrected chi connectivity index (χ2v) is 8.09. The van der Waals surface area contributed by atoms with Crippen molar-refractivity contribution < 1.29 is 9.18 Å². The highest BCUT2D eigenvalue weighted by Crippen LogP contribution is 2.27. The fraction of sp³-hybridized carbons (Fsp3) is 0.103. The van der Waals surface area contributed by atoms with E-state index in [0.717, 1.165) is 38.6 Å². The fourth-order valence-corrected chi connectivity index (χ4v) is 3.84. The van der Waals surface area contributed by atoms with Gasteiger partial charge < -0.3 is 5.32 Å². The molecular formula is C29H23FN2O. The van der Waals surface area contributed by atoms with Gasteiger partial charge in [0.2, 0.25) is 0 Å². The Morgan fingerprint density at radius 2 is 1.79 bits per heavy atom. The van der Waals surface area contributed by atoms with Gasteiger partial charge in [-0.3, -0.25) is 4.79 Å². The number of benzene rings is 4. The minimum atomic E-state index is -0.467. The Morgan fingerprint density at radius 1 is 0.970 bits per heavy atom. The number of nitrogens with zero attached hydrogens (tertiary/aromatic N) is 1. The molecule has 162 valence electrons. The molecule has 1 N–H and O–H groups in total. The number of carbonyl (C=O) groups excluding carboxylic acids is 1. The molecule has 0 radical (unpaired) electrons. The van der Waals surface area contributed by atoms with E-state index >= 15 is 0 Å². The van der Waals surface area contributed by atoms with E-state index in [9.17, 15) is 14.4 Å². The van der Waals surface area contributed by atoms with Crippen molar-refractivity contribution in [3.8, 4) is 6.07 Å². The van der Waals surface area contributed by atoms with Gasteiger partial charge in [-0.15, -0.1) is 0 Å². The van der Waals surface area contributed by atoms with Crippen LogP contribution in [-0.4, -0.2) is 5.91 Å². The van der Waals surface area contributed by atoms with Gasteiger partial charge >= 0.3 is 0 Å². The molecule has 0 aliphatic carbocycles. The molecule has 0 unspecified atom stereocenters. The molecule has 0 bridgehead atoms. The van der Waals surface area contributed by atoms with Crippen LogP contribution in [0.3, 0.4) is 0 Å². The number of aryl methyl sites for hydroxylation is 2. The molecule has 4 aromatic rings. The van der Waals surface area contributed by atoms with Gasteiger partial charge in [-0.05, 0) is 89.2 Å². The number of halogens is 1. The molecule has 0 atom stereocenters. The molecule has 0 aliphatic rings. The fourth-order valence-electron chi connectivity index (χ4n) is 3.84. The Balaban J connectivity index is 1.76. The molecule has 0 fully saturated rings. The van der Waals surface area contributed by atoms with Crippen LogP contribution in [-0.2, 0) is 11.2 Å². The van der Waals surface area contributed by atoms with Crippen LogP contribution in [0, 0.1) is 31.0 Å². The predicted molar refractivity (Wildman–Crippen MR) is 131 cm³/mol. The highest BCUT2D eigenvalue weighted by molar-refractivity contribution is 6.11. The van der Waals surface area contributed by atoms with E-state index in [1.54, 1.807) is 12.1 Å². The van der Waals surface area contributed by atoms with Gasteiger partial charge in [-0.1, -0.05) is 54.6 Å². The number of carbonyl (C=O) groups is 1. The van der Waals surface area contributed by atoms with Crippen molar-refractivity contribution in [1.82, 2.24) is 0 Å². The van der Waals surface area contributed by atoms with Crippen LogP contribution >= 0.6 is 0 Å². The summed E-state index contributed by atoms with van der Waals surface area (Å²) in [7, 11) is 0. The summed E-state index contributed by atoms with van der Waals surface area (Å²) in [6.07, 6.45) is 2.11. The standard InChI is InChI=1S/C29H23FN2O/c1-19-10-13-26(14-20(19)2)32-29(33)24(18-31)17-28-23(15-21-6-5-8-25(30)16-21)12-11-22-7-3-4-9-27(22)28/h3-14,16-17H,15H2,1-2H3,(H,32,33)/b24-17+. The zero-order valence-corrected chi connectivity index (χ0v) is 18.5. The number of hydrogen-bond acceptors (Lipinski definition) is 2. The summed E-state index contributed by atoms with van der Waals surface area (Å²) in [4.78, 5) is 12.9. The molecule has 4 rings (SSSR count). The Bertz CT molecular complexity index is 1430. The van der Waals surface area contributed by atoms with Crippen LogP contribution < -0.4 is 5.32 Å². The van der Waals surface area contributed by atoms with E-state index in [0.29, 0.717) is 12.1 Å². The summed E-state index contributed by atoms with van der Waals surface area (Å²) >= 11 is 0. The number of anilines is 1. The van der Waals surface area contributed by atoms with Gasteiger partial charge in [0, 0.05) is 5.69 Å². The molecule has 0 saturated carbocycles. The molecule has 1 amide bonds. The van der Waals surface area contributed by atoms with Crippen molar-refractivity contribution in [3.63, 3.8) is 0 Å². The summed E-state index contributed by atoms with van der Waals surface area (Å²) in [6.45, 7) is 3.98. The van der Waals surface area contributed by atoms with Crippen LogP contribution in [0.4, 0.5) is 10.1 Å². The average molecular weight is 435 g/mol. The second kappa shape index (κ2) is 9.50. The number of amides is 1. The molecule has 4 heteroatoms. The molecule has 0 aliphatic heterocycles. The smallest absolute Gasteiger partial charge is 0.266 e. The summed E-state index contributed by atoms with van der Waals surface area (Å²) in [5.74, 6) is -0.763. The first-order chi connectivity index (χ1) is 15.9. The number of hydrogen-bond donors (Lipinski definition) is 1. The van der Waals surface area contributed by atoms with Crippen molar-refractivity contribution in [2.45, 2.75) is 20.3 Å². The Morgan fingerprint density at radius 3 is 2.55 bits per heavy atom. The minimum absolute atomic E-state index is 0.00470. The summed E-state index contributed by atoms with van der Waals surface area (Å²) in [5, 5.41) is 14.5. The SMILES string of the molecule is Cc1ccc(NC(=O)/C(C#N)=C/c2c(Cc3cccc(F)c3)ccc3ccccc23)cc1C. The molecule has 0 heterocycles. The first-order valence-electron chi connectivity index (χ1n) is 10.7. The van der Waals surface area contributed by atoms with Crippen molar-refractivity contribution >= 4 is 28.4 Å². The van der Waals surface area contributed by atoms with Crippen molar-refractivity contribution in [1.29, 1.82) is 5.26 Å². The van der Waals surface area contributed by atoms with Gasteiger partial charge in [0.25, 0.3) is 5.91 Å². The zero-order valence-electron chi connectivity index (χ0n) is 18.5. The highest BCUT2D eigenvalue weighted by atomic mass is 19.1. The van der Waals surface area contributed by atoms with Crippen molar-refractivity contribution in [3.05, 3.63) is 118 Å². The van der Waals surface area contributed by atoms with Crippen LogP contribution in [0.1, 0.15) is 27.8 Å². The Hall–Kier alpha value is -4.23. The van der Waals surface area contributed by atoms with E-state index in [2.05, 4.69) is 11.4 Å². The van der Waals surface area contributed by atoms with Crippen molar-refractivity contribution in [2.75, 3.05) is 5.32 Å². The zero-order chi connectivity index (χ0) is 23.4. The normalized spacial score (nSPS) is 11.3. The van der Waals surface area contributed by atoms with Crippen LogP contribution in [0.15, 0.2) is 84.4 Å². The topological polar surface area (TPSA) is 52.9 Å². The maximum atomic E-state index is 13.7. The number of rotatable bonds is 5. The minimum Gasteiger partial charge on any atom is -0.321 e. The highest BCUT2D eigenvalue weighted by Gasteiger charge is 2.14. The molecule has 4 aromatic carbocycles. The van der Waals surface area contributed by atoms with Crippen molar-refractivity contribution in [2.24, 2.45) is 0 Å². The first kappa shape index (κ1) is 22.0. The van der Waals surface area contributed by atoms with E-state index in [1.807, 2.05) is 74.5 Å². The lowest BCUT2D eigenvalue weighted by Gasteiger charge is -2.12. The monoisotopic (exact) mass is 434 g/mol. The molecule has 0 saturated heterocycles. The molecular weight excluding hydrogens is 411 g/mol. The molecule has 0 aromatic heterocycles. The van der Waals surface area contributed by atoms with Crippen LogP contribution in [0.2, 0.25) is 0 Å². The third kappa shape index (κ3) is 4.99. The van der Waals surface area contributed by atoms with E-state index in [-0.39, 0.29) is 11.4 Å². The lowest BCUT2D eigenvalue weighted by atomic mass is 9.93.